The van der Waals surface area contributed by atoms with E-state index < -0.39 is 0 Å². The van der Waals surface area contributed by atoms with Gasteiger partial charge in [0.1, 0.15) is 5.58 Å². The molecule has 0 unspecified atom stereocenters. The Morgan fingerprint density at radius 2 is 1.68 bits per heavy atom. The van der Waals surface area contributed by atoms with Crippen LogP contribution in [0.4, 0.5) is 0 Å². The van der Waals surface area contributed by atoms with Crippen LogP contribution in [0.1, 0.15) is 11.1 Å². The van der Waals surface area contributed by atoms with E-state index in [1.807, 2.05) is 36.4 Å². The lowest BCUT2D eigenvalue weighted by molar-refractivity contribution is 0.615. The Morgan fingerprint density at radius 3 is 2.42 bits per heavy atom. The molecule has 1 heterocycles. The van der Waals surface area contributed by atoms with Gasteiger partial charge in [-0.1, -0.05) is 48.0 Å². The van der Waals surface area contributed by atoms with Crippen LogP contribution in [0.15, 0.2) is 59.7 Å². The maximum atomic E-state index is 6.02. The maximum Gasteiger partial charge on any atom is 0.134 e. The molecule has 0 fully saturated rings. The van der Waals surface area contributed by atoms with E-state index in [9.17, 15) is 0 Å². The Bertz CT molecular complexity index is 751. The number of hydrogen-bond acceptors (Lipinski definition) is 1. The van der Waals surface area contributed by atoms with Gasteiger partial charge in [0.2, 0.25) is 0 Å². The number of halogens is 2. The summed E-state index contributed by atoms with van der Waals surface area (Å²) in [5.74, 6) is 0. The molecule has 0 radical (unpaired) electrons. The monoisotopic (exact) mass is 288 g/mol. The van der Waals surface area contributed by atoms with E-state index in [4.69, 9.17) is 27.6 Å². The maximum absolute atomic E-state index is 6.02. The van der Waals surface area contributed by atoms with Crippen LogP contribution in [0.25, 0.3) is 16.5 Å². The van der Waals surface area contributed by atoms with Crippen LogP contribution >= 0.6 is 23.2 Å². The Hall–Kier alpha value is -1.70. The van der Waals surface area contributed by atoms with Crippen molar-refractivity contribution in [2.75, 3.05) is 0 Å². The van der Waals surface area contributed by atoms with Crippen molar-refractivity contribution < 1.29 is 4.42 Å². The topological polar surface area (TPSA) is 13.1 Å². The van der Waals surface area contributed by atoms with E-state index in [0.29, 0.717) is 10.0 Å². The summed E-state index contributed by atoms with van der Waals surface area (Å²) in [6, 6.07) is 13.2. The molecule has 19 heavy (non-hydrogen) atoms. The molecule has 0 amide bonds. The van der Waals surface area contributed by atoms with E-state index in [0.717, 1.165) is 27.7 Å². The van der Waals surface area contributed by atoms with Crippen LogP contribution < -0.4 is 0 Å². The normalized spacial score (nSPS) is 10.8. The molecule has 0 saturated heterocycles. The fourth-order valence-electron chi connectivity index (χ4n) is 2.10. The Labute approximate surface area is 121 Å². The molecule has 0 aliphatic heterocycles. The van der Waals surface area contributed by atoms with E-state index in [1.165, 1.54) is 0 Å². The number of hydrogen-bond donors (Lipinski definition) is 0. The molecular weight excluding hydrogens is 279 g/mol. The van der Waals surface area contributed by atoms with Crippen LogP contribution in [0.3, 0.4) is 0 Å². The van der Waals surface area contributed by atoms with Gasteiger partial charge < -0.3 is 4.42 Å². The summed E-state index contributed by atoms with van der Waals surface area (Å²) in [6.07, 6.45) is 1.71. The van der Waals surface area contributed by atoms with Gasteiger partial charge in [-0.25, -0.2) is 0 Å². The fraction of sp³-hybridized carbons (Fsp3) is 0. The number of benzene rings is 2. The van der Waals surface area contributed by atoms with Gasteiger partial charge in [-0.3, -0.25) is 0 Å². The summed E-state index contributed by atoms with van der Waals surface area (Å²) in [7, 11) is 0. The Balaban J connectivity index is 2.13. The molecule has 3 rings (SSSR count). The Morgan fingerprint density at radius 1 is 1.00 bits per heavy atom. The molecule has 0 atom stereocenters. The Kier molecular flexibility index (Phi) is 3.09. The highest BCUT2D eigenvalue weighted by atomic mass is 35.5. The molecule has 1 aromatic heterocycles. The molecule has 3 heteroatoms. The summed E-state index contributed by atoms with van der Waals surface area (Å²) >= 11 is 12.0. The van der Waals surface area contributed by atoms with Crippen molar-refractivity contribution in [1.82, 2.24) is 0 Å². The molecule has 0 saturated carbocycles. The highest BCUT2D eigenvalue weighted by Gasteiger charge is 2.11. The van der Waals surface area contributed by atoms with Gasteiger partial charge in [-0.2, -0.15) is 0 Å². The summed E-state index contributed by atoms with van der Waals surface area (Å²) in [5, 5.41) is 2.22. The summed E-state index contributed by atoms with van der Waals surface area (Å²) in [5.41, 5.74) is 3.53. The third-order valence-electron chi connectivity index (χ3n) is 3.02. The van der Waals surface area contributed by atoms with Crippen LogP contribution in [-0.4, -0.2) is 0 Å². The van der Waals surface area contributed by atoms with Gasteiger partial charge in [0.25, 0.3) is 0 Å². The molecule has 0 aliphatic carbocycles. The lowest BCUT2D eigenvalue weighted by Crippen LogP contribution is -1.85. The standard InChI is InChI=1S/C16H10Cl2O/c1-10(11-6-12(17)8-13(18)7-11)15-9-19-16-5-3-2-4-14(15)16/h2-9H,1H2. The molecule has 0 N–H and O–H groups in total. The molecule has 94 valence electrons. The minimum absolute atomic E-state index is 0.594. The zero-order valence-corrected chi connectivity index (χ0v) is 11.5. The molecule has 3 aromatic rings. The van der Waals surface area contributed by atoms with Crippen molar-refractivity contribution in [1.29, 1.82) is 0 Å². The third kappa shape index (κ3) is 2.27. The van der Waals surface area contributed by atoms with Gasteiger partial charge in [0, 0.05) is 21.0 Å². The van der Waals surface area contributed by atoms with Crippen molar-refractivity contribution >= 4 is 39.7 Å². The predicted molar refractivity (Wildman–Crippen MR) is 80.8 cm³/mol. The quantitative estimate of drug-likeness (QED) is 0.581. The average molecular weight is 289 g/mol. The zero-order chi connectivity index (χ0) is 13.4. The van der Waals surface area contributed by atoms with Gasteiger partial charge in [0.15, 0.2) is 0 Å². The lowest BCUT2D eigenvalue weighted by atomic mass is 9.99. The van der Waals surface area contributed by atoms with Crippen molar-refractivity contribution in [3.05, 3.63) is 76.5 Å². The highest BCUT2D eigenvalue weighted by Crippen LogP contribution is 2.32. The number of fused-ring (bicyclic) bond motifs is 1. The second-order valence-corrected chi connectivity index (χ2v) is 5.16. The molecule has 0 aliphatic rings. The summed E-state index contributed by atoms with van der Waals surface area (Å²) < 4.78 is 5.53. The van der Waals surface area contributed by atoms with Crippen LogP contribution in [-0.2, 0) is 0 Å². The second-order valence-electron chi connectivity index (χ2n) is 4.28. The molecule has 0 spiro atoms. The third-order valence-corrected chi connectivity index (χ3v) is 3.45. The summed E-state index contributed by atoms with van der Waals surface area (Å²) in [4.78, 5) is 0. The number of para-hydroxylation sites is 1. The first kappa shape index (κ1) is 12.3. The number of rotatable bonds is 2. The first-order valence-electron chi connectivity index (χ1n) is 5.77. The average Bonchev–Trinajstić information content (AvgIpc) is 2.80. The minimum atomic E-state index is 0.594. The predicted octanol–water partition coefficient (Wildman–Crippen LogP) is 5.80. The van der Waals surface area contributed by atoms with Crippen LogP contribution in [0.2, 0.25) is 10.0 Å². The smallest absolute Gasteiger partial charge is 0.134 e. The number of furan rings is 1. The van der Waals surface area contributed by atoms with E-state index in [2.05, 4.69) is 6.58 Å². The van der Waals surface area contributed by atoms with Crippen molar-refractivity contribution in [2.24, 2.45) is 0 Å². The van der Waals surface area contributed by atoms with Crippen molar-refractivity contribution in [3.63, 3.8) is 0 Å². The van der Waals surface area contributed by atoms with Crippen LogP contribution in [0.5, 0.6) is 0 Å². The summed E-state index contributed by atoms with van der Waals surface area (Å²) in [6.45, 7) is 4.12. The lowest BCUT2D eigenvalue weighted by Gasteiger charge is -2.05. The highest BCUT2D eigenvalue weighted by molar-refractivity contribution is 6.35. The van der Waals surface area contributed by atoms with E-state index in [1.54, 1.807) is 12.3 Å². The van der Waals surface area contributed by atoms with E-state index in [-0.39, 0.29) is 0 Å². The molecule has 0 bridgehead atoms. The molecule has 1 nitrogen and oxygen atoms in total. The van der Waals surface area contributed by atoms with E-state index >= 15 is 0 Å². The van der Waals surface area contributed by atoms with Gasteiger partial charge in [-0.05, 0) is 35.4 Å². The van der Waals surface area contributed by atoms with Gasteiger partial charge >= 0.3 is 0 Å². The minimum Gasteiger partial charge on any atom is -0.464 e. The van der Waals surface area contributed by atoms with Crippen molar-refractivity contribution in [2.45, 2.75) is 0 Å². The first-order chi connectivity index (χ1) is 9.15. The molecular formula is C16H10Cl2O. The first-order valence-corrected chi connectivity index (χ1v) is 6.53. The van der Waals surface area contributed by atoms with Gasteiger partial charge in [0.05, 0.1) is 6.26 Å². The zero-order valence-electron chi connectivity index (χ0n) is 9.99. The van der Waals surface area contributed by atoms with Crippen LogP contribution in [0, 0.1) is 0 Å². The molecule has 2 aromatic carbocycles. The van der Waals surface area contributed by atoms with Crippen molar-refractivity contribution in [3.8, 4) is 0 Å². The van der Waals surface area contributed by atoms with Gasteiger partial charge in [-0.15, -0.1) is 0 Å². The SMILES string of the molecule is C=C(c1cc(Cl)cc(Cl)c1)c1coc2ccccc12. The fourth-order valence-corrected chi connectivity index (χ4v) is 2.62. The second kappa shape index (κ2) is 4.76. The largest absolute Gasteiger partial charge is 0.464 e.